The van der Waals surface area contributed by atoms with Crippen molar-refractivity contribution in [1.29, 1.82) is 0 Å². The van der Waals surface area contributed by atoms with E-state index in [2.05, 4.69) is 4.98 Å². The van der Waals surface area contributed by atoms with Crippen LogP contribution in [0, 0.1) is 6.92 Å². The van der Waals surface area contributed by atoms with E-state index in [9.17, 15) is 4.79 Å². The number of carbonyl (C=O) groups is 1. The number of aryl methyl sites for hydroxylation is 1. The van der Waals surface area contributed by atoms with Gasteiger partial charge in [0.2, 0.25) is 0 Å². The van der Waals surface area contributed by atoms with Crippen LogP contribution in [0.25, 0.3) is 0 Å². The van der Waals surface area contributed by atoms with Crippen LogP contribution in [0.3, 0.4) is 0 Å². The van der Waals surface area contributed by atoms with Crippen LogP contribution in [-0.4, -0.2) is 10.8 Å². The monoisotopic (exact) mass is 240 g/mol. The van der Waals surface area contributed by atoms with Gasteiger partial charge in [-0.05, 0) is 30.2 Å². The largest absolute Gasteiger partial charge is 0.325 e. The zero-order chi connectivity index (χ0) is 13.0. The van der Waals surface area contributed by atoms with Crippen LogP contribution in [0.4, 0.5) is 0 Å². The van der Waals surface area contributed by atoms with E-state index in [-0.39, 0.29) is 5.78 Å². The Labute approximate surface area is 107 Å². The molecule has 18 heavy (non-hydrogen) atoms. The van der Waals surface area contributed by atoms with Crippen molar-refractivity contribution in [3.05, 3.63) is 65.0 Å². The quantitative estimate of drug-likeness (QED) is 0.834. The molecule has 1 aromatic carbocycles. The zero-order valence-electron chi connectivity index (χ0n) is 10.4. The molecule has 0 amide bonds. The summed E-state index contributed by atoms with van der Waals surface area (Å²) < 4.78 is 0. The Hall–Kier alpha value is -2.00. The van der Waals surface area contributed by atoms with E-state index < -0.39 is 0 Å². The average Bonchev–Trinajstić information content (AvgIpc) is 2.41. The third-order valence-electron chi connectivity index (χ3n) is 2.96. The number of nitrogens with two attached hydrogens (primary N) is 1. The number of aromatic nitrogens is 1. The molecule has 0 aliphatic heterocycles. The number of benzene rings is 1. The summed E-state index contributed by atoms with van der Waals surface area (Å²) in [5.41, 5.74) is 9.14. The van der Waals surface area contributed by atoms with Gasteiger partial charge in [-0.3, -0.25) is 9.78 Å². The van der Waals surface area contributed by atoms with E-state index in [4.69, 9.17) is 5.73 Å². The molecule has 0 aliphatic rings. The molecular formula is C15H16N2O. The minimum absolute atomic E-state index is 0.0985. The predicted octanol–water partition coefficient (Wildman–Crippen LogP) is 2.27. The molecule has 0 radical (unpaired) electrons. The number of rotatable bonds is 4. The SMILES string of the molecule is Cc1ccccc1CC(=O)c1ccnc(CN)c1. The van der Waals surface area contributed by atoms with Crippen molar-refractivity contribution in [2.24, 2.45) is 5.73 Å². The van der Waals surface area contributed by atoms with Crippen LogP contribution in [0.1, 0.15) is 27.2 Å². The lowest BCUT2D eigenvalue weighted by molar-refractivity contribution is 0.0992. The fraction of sp³-hybridized carbons (Fsp3) is 0.200. The Kier molecular flexibility index (Phi) is 3.85. The molecule has 0 aliphatic carbocycles. The van der Waals surface area contributed by atoms with Crippen molar-refractivity contribution in [2.75, 3.05) is 0 Å². The van der Waals surface area contributed by atoms with Gasteiger partial charge in [0.25, 0.3) is 0 Å². The highest BCUT2D eigenvalue weighted by Gasteiger charge is 2.09. The molecule has 2 N–H and O–H groups in total. The molecule has 0 fully saturated rings. The lowest BCUT2D eigenvalue weighted by atomic mass is 10.00. The van der Waals surface area contributed by atoms with Crippen LogP contribution in [0.2, 0.25) is 0 Å². The summed E-state index contributed by atoms with van der Waals surface area (Å²) in [5.74, 6) is 0.0985. The van der Waals surface area contributed by atoms with Gasteiger partial charge in [-0.15, -0.1) is 0 Å². The molecule has 0 bridgehead atoms. The first-order valence-corrected chi connectivity index (χ1v) is 5.93. The summed E-state index contributed by atoms with van der Waals surface area (Å²) in [6.45, 7) is 2.37. The Morgan fingerprint density at radius 3 is 2.78 bits per heavy atom. The summed E-state index contributed by atoms with van der Waals surface area (Å²) in [6.07, 6.45) is 2.05. The number of carbonyl (C=O) groups excluding carboxylic acids is 1. The first kappa shape index (κ1) is 12.5. The Balaban J connectivity index is 2.19. The number of Topliss-reactive ketones (excluding diaryl/α,β-unsaturated/α-hetero) is 1. The highest BCUT2D eigenvalue weighted by molar-refractivity contribution is 5.97. The minimum atomic E-state index is 0.0985. The molecule has 2 aromatic rings. The van der Waals surface area contributed by atoms with Crippen LogP contribution in [-0.2, 0) is 13.0 Å². The third-order valence-corrected chi connectivity index (χ3v) is 2.96. The normalized spacial score (nSPS) is 10.3. The summed E-state index contributed by atoms with van der Waals surface area (Å²) in [5, 5.41) is 0. The zero-order valence-corrected chi connectivity index (χ0v) is 10.4. The fourth-order valence-corrected chi connectivity index (χ4v) is 1.85. The summed E-state index contributed by atoms with van der Waals surface area (Å²) >= 11 is 0. The Morgan fingerprint density at radius 2 is 2.06 bits per heavy atom. The van der Waals surface area contributed by atoms with Gasteiger partial charge in [-0.1, -0.05) is 24.3 Å². The van der Waals surface area contributed by atoms with Gasteiger partial charge in [0.15, 0.2) is 5.78 Å². The van der Waals surface area contributed by atoms with Crippen LogP contribution in [0.5, 0.6) is 0 Å². The fourth-order valence-electron chi connectivity index (χ4n) is 1.85. The van der Waals surface area contributed by atoms with E-state index in [1.54, 1.807) is 18.3 Å². The Bertz CT molecular complexity index is 564. The van der Waals surface area contributed by atoms with Gasteiger partial charge in [0.05, 0.1) is 5.69 Å². The third kappa shape index (κ3) is 2.81. The second-order valence-electron chi connectivity index (χ2n) is 4.27. The number of nitrogens with zero attached hydrogens (tertiary/aromatic N) is 1. The van der Waals surface area contributed by atoms with Gasteiger partial charge in [0, 0.05) is 24.7 Å². The standard InChI is InChI=1S/C15H16N2O/c1-11-4-2-3-5-12(11)9-15(18)13-6-7-17-14(8-13)10-16/h2-8H,9-10,16H2,1H3. The predicted molar refractivity (Wildman–Crippen MR) is 71.3 cm³/mol. The summed E-state index contributed by atoms with van der Waals surface area (Å²) in [7, 11) is 0. The lowest BCUT2D eigenvalue weighted by Crippen LogP contribution is -2.07. The average molecular weight is 240 g/mol. The highest BCUT2D eigenvalue weighted by Crippen LogP contribution is 2.12. The first-order chi connectivity index (χ1) is 8.70. The first-order valence-electron chi connectivity index (χ1n) is 5.93. The van der Waals surface area contributed by atoms with Crippen molar-refractivity contribution in [3.63, 3.8) is 0 Å². The molecule has 0 saturated carbocycles. The van der Waals surface area contributed by atoms with Crippen molar-refractivity contribution in [1.82, 2.24) is 4.98 Å². The maximum absolute atomic E-state index is 12.2. The van der Waals surface area contributed by atoms with Crippen LogP contribution in [0.15, 0.2) is 42.6 Å². The molecule has 3 heteroatoms. The van der Waals surface area contributed by atoms with Crippen molar-refractivity contribution in [3.8, 4) is 0 Å². The van der Waals surface area contributed by atoms with Gasteiger partial charge in [-0.25, -0.2) is 0 Å². The van der Waals surface area contributed by atoms with E-state index >= 15 is 0 Å². The van der Waals surface area contributed by atoms with Crippen LogP contribution >= 0.6 is 0 Å². The van der Waals surface area contributed by atoms with E-state index in [0.29, 0.717) is 18.5 Å². The molecule has 2 rings (SSSR count). The molecule has 3 nitrogen and oxygen atoms in total. The second kappa shape index (κ2) is 5.56. The molecule has 1 heterocycles. The van der Waals surface area contributed by atoms with Crippen molar-refractivity contribution >= 4 is 5.78 Å². The topological polar surface area (TPSA) is 56.0 Å². The summed E-state index contributed by atoms with van der Waals surface area (Å²) in [6, 6.07) is 11.4. The summed E-state index contributed by atoms with van der Waals surface area (Å²) in [4.78, 5) is 16.3. The molecule has 1 aromatic heterocycles. The number of ketones is 1. The molecule has 0 atom stereocenters. The van der Waals surface area contributed by atoms with E-state index in [1.165, 1.54) is 0 Å². The number of hydrogen-bond donors (Lipinski definition) is 1. The van der Waals surface area contributed by atoms with Gasteiger partial charge < -0.3 is 5.73 Å². The molecule has 0 unspecified atom stereocenters. The van der Waals surface area contributed by atoms with Gasteiger partial charge in [-0.2, -0.15) is 0 Å². The minimum Gasteiger partial charge on any atom is -0.325 e. The van der Waals surface area contributed by atoms with E-state index in [1.807, 2.05) is 31.2 Å². The smallest absolute Gasteiger partial charge is 0.167 e. The number of pyridine rings is 1. The maximum Gasteiger partial charge on any atom is 0.167 e. The van der Waals surface area contributed by atoms with Gasteiger partial charge >= 0.3 is 0 Å². The van der Waals surface area contributed by atoms with Crippen LogP contribution < -0.4 is 5.73 Å². The van der Waals surface area contributed by atoms with Crippen molar-refractivity contribution < 1.29 is 4.79 Å². The molecule has 0 saturated heterocycles. The Morgan fingerprint density at radius 1 is 1.28 bits per heavy atom. The maximum atomic E-state index is 12.2. The lowest BCUT2D eigenvalue weighted by Gasteiger charge is -2.05. The second-order valence-corrected chi connectivity index (χ2v) is 4.27. The molecule has 0 spiro atoms. The highest BCUT2D eigenvalue weighted by atomic mass is 16.1. The number of hydrogen-bond acceptors (Lipinski definition) is 3. The van der Waals surface area contributed by atoms with Crippen molar-refractivity contribution in [2.45, 2.75) is 19.9 Å². The van der Waals surface area contributed by atoms with E-state index in [0.717, 1.165) is 16.8 Å². The molecule has 92 valence electrons. The van der Waals surface area contributed by atoms with Gasteiger partial charge in [0.1, 0.15) is 0 Å². The molecular weight excluding hydrogens is 224 g/mol.